The van der Waals surface area contributed by atoms with E-state index in [0.717, 1.165) is 43.4 Å². The Hall–Kier alpha value is -3.67. The van der Waals surface area contributed by atoms with Gasteiger partial charge in [0, 0.05) is 18.5 Å². The summed E-state index contributed by atoms with van der Waals surface area (Å²) in [5, 5.41) is 9.34. The second-order valence-corrected chi connectivity index (χ2v) is 9.80. The molecular formula is C30H32FNO4. The highest BCUT2D eigenvalue weighted by atomic mass is 19.1. The number of aryl methyl sites for hydroxylation is 2. The van der Waals surface area contributed by atoms with Gasteiger partial charge in [0.25, 0.3) is 5.91 Å². The van der Waals surface area contributed by atoms with E-state index in [1.807, 2.05) is 0 Å². The van der Waals surface area contributed by atoms with Gasteiger partial charge in [0.1, 0.15) is 23.7 Å². The summed E-state index contributed by atoms with van der Waals surface area (Å²) in [5.74, 6) is -1.22. The summed E-state index contributed by atoms with van der Waals surface area (Å²) in [7, 11) is 0. The standard InChI is InChI=1S/C30H32FNO4/c1-3-5-21-8-10-22(11-9-21)18-30(2)15-14-24-17-25(12-13-27(24)36-30)29(35)32(20-28(33)34)19-23-6-4-7-26(31)16-23/h4,6-13,16-17H,3,5,14-15,18-20H2,1-2H3,(H,33,34). The maximum Gasteiger partial charge on any atom is 0.323 e. The number of carbonyl (C=O) groups is 2. The van der Waals surface area contributed by atoms with E-state index in [1.54, 1.807) is 30.3 Å². The largest absolute Gasteiger partial charge is 0.487 e. The third-order valence-corrected chi connectivity index (χ3v) is 6.60. The number of benzene rings is 3. The van der Waals surface area contributed by atoms with Crippen LogP contribution in [0.5, 0.6) is 5.75 Å². The van der Waals surface area contributed by atoms with Crippen molar-refractivity contribution in [3.63, 3.8) is 0 Å². The zero-order valence-electron chi connectivity index (χ0n) is 20.8. The van der Waals surface area contributed by atoms with E-state index in [2.05, 4.69) is 38.1 Å². The minimum Gasteiger partial charge on any atom is -0.487 e. The van der Waals surface area contributed by atoms with Crippen LogP contribution < -0.4 is 4.74 Å². The van der Waals surface area contributed by atoms with Gasteiger partial charge in [-0.05, 0) is 78.8 Å². The first kappa shape index (κ1) is 25.4. The second kappa shape index (κ2) is 10.9. The van der Waals surface area contributed by atoms with Crippen LogP contribution in [0.1, 0.15) is 59.3 Å². The number of carbonyl (C=O) groups excluding carboxylic acids is 1. The summed E-state index contributed by atoms with van der Waals surface area (Å²) in [6, 6.07) is 19.8. The van der Waals surface area contributed by atoms with Crippen LogP contribution in [0.25, 0.3) is 0 Å². The van der Waals surface area contributed by atoms with Crippen molar-refractivity contribution in [1.82, 2.24) is 4.90 Å². The Morgan fingerprint density at radius 3 is 2.47 bits per heavy atom. The van der Waals surface area contributed by atoms with E-state index in [4.69, 9.17) is 4.74 Å². The Labute approximate surface area is 211 Å². The molecule has 1 N–H and O–H groups in total. The zero-order valence-corrected chi connectivity index (χ0v) is 20.8. The SMILES string of the molecule is CCCc1ccc(CC2(C)CCc3cc(C(=O)N(CC(=O)O)Cc4cccc(F)c4)ccc3O2)cc1. The molecule has 5 nitrogen and oxygen atoms in total. The predicted molar refractivity (Wildman–Crippen MR) is 137 cm³/mol. The molecule has 0 radical (unpaired) electrons. The lowest BCUT2D eigenvalue weighted by atomic mass is 9.86. The lowest BCUT2D eigenvalue weighted by molar-refractivity contribution is -0.137. The molecule has 1 aliphatic heterocycles. The number of carboxylic acid groups (broad SMARTS) is 1. The molecule has 1 unspecified atom stereocenters. The normalized spacial score (nSPS) is 16.6. The quantitative estimate of drug-likeness (QED) is 0.411. The first-order valence-corrected chi connectivity index (χ1v) is 12.4. The number of amides is 1. The second-order valence-electron chi connectivity index (χ2n) is 9.80. The smallest absolute Gasteiger partial charge is 0.323 e. The summed E-state index contributed by atoms with van der Waals surface area (Å²) in [5.41, 5.74) is 4.08. The van der Waals surface area contributed by atoms with E-state index in [-0.39, 0.29) is 12.1 Å². The van der Waals surface area contributed by atoms with Crippen LogP contribution in [0.15, 0.2) is 66.7 Å². The van der Waals surface area contributed by atoms with Crippen molar-refractivity contribution in [2.45, 2.75) is 58.1 Å². The van der Waals surface area contributed by atoms with E-state index in [1.165, 1.54) is 28.2 Å². The van der Waals surface area contributed by atoms with Crippen molar-refractivity contribution in [2.75, 3.05) is 6.54 Å². The predicted octanol–water partition coefficient (Wildman–Crippen LogP) is 5.83. The molecule has 4 rings (SSSR count). The Morgan fingerprint density at radius 1 is 1.03 bits per heavy atom. The molecule has 0 aromatic heterocycles. The average Bonchev–Trinajstić information content (AvgIpc) is 2.84. The Morgan fingerprint density at radius 2 is 1.78 bits per heavy atom. The van der Waals surface area contributed by atoms with Crippen LogP contribution in [0, 0.1) is 5.82 Å². The Balaban J connectivity index is 1.48. The van der Waals surface area contributed by atoms with Crippen LogP contribution in [-0.2, 0) is 30.6 Å². The summed E-state index contributed by atoms with van der Waals surface area (Å²) in [4.78, 5) is 25.9. The van der Waals surface area contributed by atoms with Crippen LogP contribution in [-0.4, -0.2) is 34.0 Å². The molecule has 0 saturated carbocycles. The van der Waals surface area contributed by atoms with E-state index < -0.39 is 24.2 Å². The molecule has 1 heterocycles. The van der Waals surface area contributed by atoms with Gasteiger partial charge in [0.2, 0.25) is 0 Å². The highest BCUT2D eigenvalue weighted by Gasteiger charge is 2.32. The lowest BCUT2D eigenvalue weighted by Crippen LogP contribution is -2.39. The first-order valence-electron chi connectivity index (χ1n) is 12.4. The monoisotopic (exact) mass is 489 g/mol. The van der Waals surface area contributed by atoms with Gasteiger partial charge in [-0.1, -0.05) is 49.7 Å². The average molecular weight is 490 g/mol. The number of nitrogens with zero attached hydrogens (tertiary/aromatic N) is 1. The maximum absolute atomic E-state index is 13.6. The number of aliphatic carboxylic acids is 1. The molecule has 3 aromatic rings. The molecule has 6 heteroatoms. The minimum absolute atomic E-state index is 0.00555. The maximum atomic E-state index is 13.6. The molecule has 0 saturated heterocycles. The van der Waals surface area contributed by atoms with Gasteiger partial charge in [0.05, 0.1) is 0 Å². The fourth-order valence-corrected chi connectivity index (χ4v) is 4.79. The number of halogens is 1. The van der Waals surface area contributed by atoms with Crippen molar-refractivity contribution in [2.24, 2.45) is 0 Å². The molecule has 0 spiro atoms. The molecule has 188 valence electrons. The molecule has 1 aliphatic rings. The first-order chi connectivity index (χ1) is 17.2. The van der Waals surface area contributed by atoms with Gasteiger partial charge in [0.15, 0.2) is 0 Å². The van der Waals surface area contributed by atoms with Crippen LogP contribution >= 0.6 is 0 Å². The highest BCUT2D eigenvalue weighted by molar-refractivity contribution is 5.96. The molecule has 3 aromatic carbocycles. The number of hydrogen-bond acceptors (Lipinski definition) is 3. The molecule has 0 fully saturated rings. The van der Waals surface area contributed by atoms with Gasteiger partial charge in [-0.15, -0.1) is 0 Å². The summed E-state index contributed by atoms with van der Waals surface area (Å²) in [6.45, 7) is 3.82. The molecule has 0 bridgehead atoms. The molecule has 1 amide bonds. The topological polar surface area (TPSA) is 66.8 Å². The highest BCUT2D eigenvalue weighted by Crippen LogP contribution is 2.36. The number of ether oxygens (including phenoxy) is 1. The van der Waals surface area contributed by atoms with E-state index in [0.29, 0.717) is 11.1 Å². The molecule has 0 aliphatic carbocycles. The number of fused-ring (bicyclic) bond motifs is 1. The van der Waals surface area contributed by atoms with Crippen molar-refractivity contribution < 1.29 is 23.8 Å². The Bertz CT molecular complexity index is 1240. The van der Waals surface area contributed by atoms with Crippen molar-refractivity contribution in [3.8, 4) is 5.75 Å². The van der Waals surface area contributed by atoms with Crippen molar-refractivity contribution >= 4 is 11.9 Å². The zero-order chi connectivity index (χ0) is 25.7. The fraction of sp³-hybridized carbons (Fsp3) is 0.333. The number of rotatable bonds is 9. The van der Waals surface area contributed by atoms with Gasteiger partial charge >= 0.3 is 5.97 Å². The number of hydrogen-bond donors (Lipinski definition) is 1. The third kappa shape index (κ3) is 6.30. The van der Waals surface area contributed by atoms with Gasteiger partial charge in [-0.3, -0.25) is 9.59 Å². The van der Waals surface area contributed by atoms with Gasteiger partial charge in [-0.2, -0.15) is 0 Å². The van der Waals surface area contributed by atoms with Crippen LogP contribution in [0.4, 0.5) is 4.39 Å². The summed E-state index contributed by atoms with van der Waals surface area (Å²) in [6.07, 6.45) is 4.55. The van der Waals surface area contributed by atoms with Crippen molar-refractivity contribution in [3.05, 3.63) is 100 Å². The summed E-state index contributed by atoms with van der Waals surface area (Å²) < 4.78 is 20.0. The lowest BCUT2D eigenvalue weighted by Gasteiger charge is -2.36. The Kier molecular flexibility index (Phi) is 7.73. The molecular weight excluding hydrogens is 457 g/mol. The van der Waals surface area contributed by atoms with Crippen LogP contribution in [0.2, 0.25) is 0 Å². The fourth-order valence-electron chi connectivity index (χ4n) is 4.79. The van der Waals surface area contributed by atoms with Crippen molar-refractivity contribution in [1.29, 1.82) is 0 Å². The molecule has 1 atom stereocenters. The third-order valence-electron chi connectivity index (χ3n) is 6.60. The van der Waals surface area contributed by atoms with Crippen LogP contribution in [0.3, 0.4) is 0 Å². The molecule has 36 heavy (non-hydrogen) atoms. The van der Waals surface area contributed by atoms with E-state index >= 15 is 0 Å². The minimum atomic E-state index is -1.13. The van der Waals surface area contributed by atoms with E-state index in [9.17, 15) is 19.1 Å². The van der Waals surface area contributed by atoms with Gasteiger partial charge in [-0.25, -0.2) is 4.39 Å². The van der Waals surface area contributed by atoms with Gasteiger partial charge < -0.3 is 14.7 Å². The summed E-state index contributed by atoms with van der Waals surface area (Å²) >= 11 is 0. The number of carboxylic acids is 1.